The number of aromatic amines is 1. The Bertz CT molecular complexity index is 1120. The van der Waals surface area contributed by atoms with E-state index in [-0.39, 0.29) is 17.3 Å². The van der Waals surface area contributed by atoms with Gasteiger partial charge in [-0.15, -0.1) is 0 Å². The van der Waals surface area contributed by atoms with Crippen molar-refractivity contribution in [2.75, 3.05) is 5.32 Å². The van der Waals surface area contributed by atoms with E-state index in [1.54, 1.807) is 12.1 Å². The van der Waals surface area contributed by atoms with Crippen LogP contribution in [0.2, 0.25) is 0 Å². The number of hydrogen-bond acceptors (Lipinski definition) is 3. The molecule has 0 unspecified atom stereocenters. The first kappa shape index (κ1) is 18.9. The monoisotopic (exact) mass is 386 g/mol. The molecule has 0 aliphatic heterocycles. The molecule has 0 radical (unpaired) electrons. The minimum atomic E-state index is -0.517. The lowest BCUT2D eigenvalue weighted by molar-refractivity contribution is 0.0963. The molecule has 1 heterocycles. The lowest BCUT2D eigenvalue weighted by Crippen LogP contribution is -2.29. The van der Waals surface area contributed by atoms with Gasteiger partial charge in [-0.2, -0.15) is 0 Å². The zero-order chi connectivity index (χ0) is 20.4. The maximum absolute atomic E-state index is 12.7. The van der Waals surface area contributed by atoms with E-state index in [2.05, 4.69) is 17.2 Å². The second-order valence-electron chi connectivity index (χ2n) is 7.35. The second-order valence-corrected chi connectivity index (χ2v) is 7.35. The fourth-order valence-electron chi connectivity index (χ4n) is 3.78. The molecule has 146 valence electrons. The van der Waals surface area contributed by atoms with Crippen LogP contribution < -0.4 is 10.9 Å². The Hall–Kier alpha value is -3.47. The Labute approximate surface area is 168 Å². The van der Waals surface area contributed by atoms with Gasteiger partial charge in [0.05, 0.1) is 0 Å². The smallest absolute Gasteiger partial charge is 0.261 e. The van der Waals surface area contributed by atoms with Gasteiger partial charge in [0.1, 0.15) is 5.56 Å². The number of carbonyl (C=O) groups excluding carboxylic acids is 2. The van der Waals surface area contributed by atoms with Gasteiger partial charge >= 0.3 is 0 Å². The van der Waals surface area contributed by atoms with Gasteiger partial charge in [-0.25, -0.2) is 0 Å². The summed E-state index contributed by atoms with van der Waals surface area (Å²) in [5.74, 6) is -0.544. The average molecular weight is 386 g/mol. The lowest BCUT2D eigenvalue weighted by Gasteiger charge is -2.24. The zero-order valence-corrected chi connectivity index (χ0v) is 16.2. The summed E-state index contributed by atoms with van der Waals surface area (Å²) in [5, 5.41) is 2.74. The molecule has 3 aromatic rings. The Kier molecular flexibility index (Phi) is 5.12. The summed E-state index contributed by atoms with van der Waals surface area (Å²) in [5.41, 5.74) is 3.35. The van der Waals surface area contributed by atoms with Crippen molar-refractivity contribution in [3.05, 3.63) is 99.0 Å². The number of H-pyrrole nitrogens is 1. The molecule has 5 heteroatoms. The fraction of sp³-hybridized carbons (Fsp3) is 0.208. The summed E-state index contributed by atoms with van der Waals surface area (Å²) in [7, 11) is 0. The van der Waals surface area contributed by atoms with Crippen LogP contribution in [0.5, 0.6) is 0 Å². The maximum atomic E-state index is 12.7. The molecule has 2 N–H and O–H groups in total. The molecule has 4 rings (SSSR count). The molecule has 0 fully saturated rings. The van der Waals surface area contributed by atoms with E-state index in [0.717, 1.165) is 17.5 Å². The van der Waals surface area contributed by atoms with Crippen LogP contribution in [0.1, 0.15) is 56.8 Å². The molecule has 1 amide bonds. The van der Waals surface area contributed by atoms with E-state index in [1.165, 1.54) is 6.07 Å². The third-order valence-electron chi connectivity index (χ3n) is 5.44. The molecule has 0 bridgehead atoms. The van der Waals surface area contributed by atoms with Crippen LogP contribution in [0, 0.1) is 0 Å². The van der Waals surface area contributed by atoms with Crippen molar-refractivity contribution in [1.29, 1.82) is 0 Å². The third kappa shape index (κ3) is 3.90. The normalized spacial score (nSPS) is 15.6. The highest BCUT2D eigenvalue weighted by atomic mass is 16.2. The van der Waals surface area contributed by atoms with Crippen molar-refractivity contribution >= 4 is 17.4 Å². The molecule has 1 aliphatic rings. The van der Waals surface area contributed by atoms with Crippen molar-refractivity contribution < 1.29 is 9.59 Å². The fourth-order valence-corrected chi connectivity index (χ4v) is 3.78. The van der Waals surface area contributed by atoms with Crippen molar-refractivity contribution in [3.8, 4) is 0 Å². The van der Waals surface area contributed by atoms with Crippen LogP contribution in [0.25, 0.3) is 0 Å². The SMILES string of the molecule is CCc1ccc(NC(=O)c2cc3c([nH]c2=O)C[C@@H](c2ccccc2)CC3=O)cc1. The molecule has 1 atom stereocenters. The van der Waals surface area contributed by atoms with Crippen molar-refractivity contribution in [2.45, 2.75) is 32.1 Å². The van der Waals surface area contributed by atoms with Crippen LogP contribution in [-0.2, 0) is 12.8 Å². The molecule has 0 saturated heterocycles. The number of aryl methyl sites for hydroxylation is 1. The van der Waals surface area contributed by atoms with Gasteiger partial charge < -0.3 is 10.3 Å². The van der Waals surface area contributed by atoms with Crippen LogP contribution in [-0.4, -0.2) is 16.7 Å². The number of fused-ring (bicyclic) bond motifs is 1. The Morgan fingerprint density at radius 2 is 1.76 bits per heavy atom. The summed E-state index contributed by atoms with van der Waals surface area (Å²) in [6.45, 7) is 2.06. The summed E-state index contributed by atoms with van der Waals surface area (Å²) in [6.07, 6.45) is 1.84. The number of amides is 1. The van der Waals surface area contributed by atoms with Gasteiger partial charge in [0.25, 0.3) is 11.5 Å². The van der Waals surface area contributed by atoms with E-state index in [9.17, 15) is 14.4 Å². The largest absolute Gasteiger partial charge is 0.325 e. The van der Waals surface area contributed by atoms with Crippen LogP contribution in [0.4, 0.5) is 5.69 Å². The van der Waals surface area contributed by atoms with Gasteiger partial charge in [-0.1, -0.05) is 49.4 Å². The molecule has 1 aliphatic carbocycles. The quantitative estimate of drug-likeness (QED) is 0.708. The minimum absolute atomic E-state index is 0.0311. The first-order chi connectivity index (χ1) is 14.0. The lowest BCUT2D eigenvalue weighted by atomic mass is 9.81. The number of ketones is 1. The number of anilines is 1. The van der Waals surface area contributed by atoms with Crippen molar-refractivity contribution in [3.63, 3.8) is 0 Å². The zero-order valence-electron chi connectivity index (χ0n) is 16.2. The van der Waals surface area contributed by atoms with Crippen LogP contribution in [0.3, 0.4) is 0 Å². The summed E-state index contributed by atoms with van der Waals surface area (Å²) in [4.78, 5) is 40.7. The second kappa shape index (κ2) is 7.87. The predicted octanol–water partition coefficient (Wildman–Crippen LogP) is 4.10. The predicted molar refractivity (Wildman–Crippen MR) is 113 cm³/mol. The van der Waals surface area contributed by atoms with E-state index in [0.29, 0.717) is 29.8 Å². The summed E-state index contributed by atoms with van der Waals surface area (Å²) in [6, 6.07) is 18.7. The third-order valence-corrected chi connectivity index (χ3v) is 5.44. The number of benzene rings is 2. The van der Waals surface area contributed by atoms with E-state index < -0.39 is 11.5 Å². The van der Waals surface area contributed by atoms with Gasteiger partial charge in [-0.05, 0) is 48.1 Å². The van der Waals surface area contributed by atoms with E-state index >= 15 is 0 Å². The standard InChI is InChI=1S/C24H22N2O3/c1-2-15-8-10-18(11-9-15)25-23(28)20-14-19-21(26-24(20)29)12-17(13-22(19)27)16-6-4-3-5-7-16/h3-11,14,17H,2,12-13H2,1H3,(H,25,28)(H,26,29)/t17-/m1/s1. The Morgan fingerprint density at radius 3 is 2.45 bits per heavy atom. The Balaban J connectivity index is 1.59. The molecule has 1 aromatic heterocycles. The molecular weight excluding hydrogens is 364 g/mol. The van der Waals surface area contributed by atoms with Crippen LogP contribution >= 0.6 is 0 Å². The number of Topliss-reactive ketones (excluding diaryl/α,β-unsaturated/α-hetero) is 1. The minimum Gasteiger partial charge on any atom is -0.325 e. The van der Waals surface area contributed by atoms with E-state index in [1.807, 2.05) is 42.5 Å². The molecule has 5 nitrogen and oxygen atoms in total. The first-order valence-corrected chi connectivity index (χ1v) is 9.79. The molecule has 2 aromatic carbocycles. The number of aromatic nitrogens is 1. The molecule has 0 spiro atoms. The molecule has 29 heavy (non-hydrogen) atoms. The Morgan fingerprint density at radius 1 is 1.03 bits per heavy atom. The summed E-state index contributed by atoms with van der Waals surface area (Å²) >= 11 is 0. The number of carbonyl (C=O) groups is 2. The average Bonchev–Trinajstić information content (AvgIpc) is 2.74. The van der Waals surface area contributed by atoms with Gasteiger partial charge in [0.15, 0.2) is 5.78 Å². The highest BCUT2D eigenvalue weighted by molar-refractivity contribution is 6.06. The van der Waals surface area contributed by atoms with Crippen molar-refractivity contribution in [1.82, 2.24) is 4.98 Å². The number of rotatable bonds is 4. The molecule has 0 saturated carbocycles. The maximum Gasteiger partial charge on any atom is 0.261 e. The number of hydrogen-bond donors (Lipinski definition) is 2. The highest BCUT2D eigenvalue weighted by Crippen LogP contribution is 2.31. The van der Waals surface area contributed by atoms with Gasteiger partial charge in [-0.3, -0.25) is 14.4 Å². The summed E-state index contributed by atoms with van der Waals surface area (Å²) < 4.78 is 0. The topological polar surface area (TPSA) is 79.0 Å². The number of nitrogens with one attached hydrogen (secondary N) is 2. The van der Waals surface area contributed by atoms with Gasteiger partial charge in [0.2, 0.25) is 0 Å². The van der Waals surface area contributed by atoms with Crippen molar-refractivity contribution in [2.24, 2.45) is 0 Å². The van der Waals surface area contributed by atoms with Gasteiger partial charge in [0, 0.05) is 23.4 Å². The number of pyridine rings is 1. The highest BCUT2D eigenvalue weighted by Gasteiger charge is 2.28. The first-order valence-electron chi connectivity index (χ1n) is 9.79. The molecular formula is C24H22N2O3. The van der Waals surface area contributed by atoms with Crippen LogP contribution in [0.15, 0.2) is 65.5 Å². The van der Waals surface area contributed by atoms with E-state index in [4.69, 9.17) is 0 Å².